The Kier molecular flexibility index (Phi) is 2.82. The Morgan fingerprint density at radius 3 is 3.08 bits per heavy atom. The van der Waals surface area contributed by atoms with Crippen LogP contribution in [0.15, 0.2) is 12.4 Å². The summed E-state index contributed by atoms with van der Waals surface area (Å²) in [4.78, 5) is 12.7. The predicted octanol–water partition coefficient (Wildman–Crippen LogP) is -0.626. The first-order chi connectivity index (χ1) is 5.74. The normalized spacial score (nSPS) is 9.83. The maximum Gasteiger partial charge on any atom is 0.165 e. The zero-order chi connectivity index (χ0) is 8.97. The Morgan fingerprint density at radius 2 is 2.58 bits per heavy atom. The molecule has 0 radical (unpaired) electrons. The smallest absolute Gasteiger partial charge is 0.165 e. The molecule has 0 saturated heterocycles. The number of nitrogens with one attached hydrogen (secondary N) is 1. The van der Waals surface area contributed by atoms with Gasteiger partial charge in [0.25, 0.3) is 0 Å². The van der Waals surface area contributed by atoms with E-state index in [-0.39, 0.29) is 12.3 Å². The summed E-state index contributed by atoms with van der Waals surface area (Å²) in [6.07, 6.45) is 3.38. The van der Waals surface area contributed by atoms with Crippen LogP contribution in [0.1, 0.15) is 0 Å². The van der Waals surface area contributed by atoms with Crippen LogP contribution in [-0.2, 0) is 4.79 Å². The van der Waals surface area contributed by atoms with Crippen molar-refractivity contribution < 1.29 is 4.79 Å². The van der Waals surface area contributed by atoms with Gasteiger partial charge in [0.15, 0.2) is 5.78 Å². The topological polar surface area (TPSA) is 75.0 Å². The van der Waals surface area contributed by atoms with Gasteiger partial charge in [-0.2, -0.15) is 5.10 Å². The number of hydrogen-bond acceptors (Lipinski definition) is 4. The fraction of sp³-hybridized carbons (Fsp3) is 0.429. The van der Waals surface area contributed by atoms with Crippen LogP contribution in [-0.4, -0.2) is 36.1 Å². The predicted molar refractivity (Wildman–Crippen MR) is 45.9 cm³/mol. The average molecular weight is 168 g/mol. The highest BCUT2D eigenvalue weighted by Gasteiger charge is 2.05. The fourth-order valence-electron chi connectivity index (χ4n) is 0.873. The third kappa shape index (κ3) is 2.06. The summed E-state index contributed by atoms with van der Waals surface area (Å²) in [5.41, 5.74) is 6.06. The number of aromatic nitrogens is 2. The van der Waals surface area contributed by atoms with Crippen molar-refractivity contribution in [1.82, 2.24) is 10.2 Å². The van der Waals surface area contributed by atoms with Crippen LogP contribution in [0, 0.1) is 0 Å². The van der Waals surface area contributed by atoms with Gasteiger partial charge in [0.1, 0.15) is 0 Å². The van der Waals surface area contributed by atoms with Gasteiger partial charge in [0.2, 0.25) is 0 Å². The summed E-state index contributed by atoms with van der Waals surface area (Å²) in [6, 6.07) is 0. The van der Waals surface area contributed by atoms with Gasteiger partial charge in [0, 0.05) is 13.2 Å². The fourth-order valence-corrected chi connectivity index (χ4v) is 0.873. The Balaban J connectivity index is 2.49. The zero-order valence-electron chi connectivity index (χ0n) is 6.95. The highest BCUT2D eigenvalue weighted by molar-refractivity contribution is 5.84. The Bertz CT molecular complexity index is 244. The third-order valence-electron chi connectivity index (χ3n) is 1.57. The van der Waals surface area contributed by atoms with Gasteiger partial charge in [-0.3, -0.25) is 9.89 Å². The van der Waals surface area contributed by atoms with E-state index in [1.807, 2.05) is 7.05 Å². The summed E-state index contributed by atoms with van der Waals surface area (Å²) in [5, 5.41) is 6.43. The summed E-state index contributed by atoms with van der Waals surface area (Å²) >= 11 is 0. The van der Waals surface area contributed by atoms with Gasteiger partial charge in [-0.15, -0.1) is 0 Å². The van der Waals surface area contributed by atoms with E-state index in [4.69, 9.17) is 5.73 Å². The molecule has 66 valence electrons. The van der Waals surface area contributed by atoms with Gasteiger partial charge < -0.3 is 10.6 Å². The van der Waals surface area contributed by atoms with Crippen molar-refractivity contribution in [2.45, 2.75) is 0 Å². The molecule has 0 spiro atoms. The maximum atomic E-state index is 10.9. The molecule has 1 rings (SSSR count). The van der Waals surface area contributed by atoms with Crippen LogP contribution in [0.5, 0.6) is 0 Å². The maximum absolute atomic E-state index is 10.9. The molecule has 0 aliphatic heterocycles. The van der Waals surface area contributed by atoms with Crippen molar-refractivity contribution >= 4 is 11.5 Å². The van der Waals surface area contributed by atoms with Gasteiger partial charge in [-0.25, -0.2) is 0 Å². The van der Waals surface area contributed by atoms with Crippen LogP contribution in [0.3, 0.4) is 0 Å². The second kappa shape index (κ2) is 3.87. The molecule has 0 bridgehead atoms. The van der Waals surface area contributed by atoms with Gasteiger partial charge >= 0.3 is 0 Å². The Labute approximate surface area is 70.5 Å². The monoisotopic (exact) mass is 168 g/mol. The molecule has 0 aliphatic rings. The quantitative estimate of drug-likeness (QED) is 0.628. The molecule has 0 aliphatic carbocycles. The molecular formula is C7H12N4O. The average Bonchev–Trinajstić information content (AvgIpc) is 2.56. The molecule has 1 aromatic heterocycles. The number of H-pyrrole nitrogens is 1. The molecular weight excluding hydrogens is 156 g/mol. The Morgan fingerprint density at radius 1 is 1.83 bits per heavy atom. The molecule has 12 heavy (non-hydrogen) atoms. The van der Waals surface area contributed by atoms with E-state index in [1.54, 1.807) is 17.3 Å². The second-order valence-electron chi connectivity index (χ2n) is 2.56. The van der Waals surface area contributed by atoms with Crippen molar-refractivity contribution in [3.63, 3.8) is 0 Å². The van der Waals surface area contributed by atoms with Crippen molar-refractivity contribution in [1.29, 1.82) is 0 Å². The molecule has 0 unspecified atom stereocenters. The lowest BCUT2D eigenvalue weighted by Crippen LogP contribution is -2.29. The number of ketones is 1. The summed E-state index contributed by atoms with van der Waals surface area (Å²) < 4.78 is 0. The number of carbonyl (C=O) groups excluding carboxylic acids is 1. The van der Waals surface area contributed by atoms with Crippen molar-refractivity contribution in [3.05, 3.63) is 12.4 Å². The number of likely N-dealkylation sites (N-methyl/N-ethyl adjacent to an activating group) is 1. The number of rotatable bonds is 4. The summed E-state index contributed by atoms with van der Waals surface area (Å²) in [6.45, 7) is 0.415. The molecule has 0 aromatic carbocycles. The Hall–Kier alpha value is -1.36. The molecule has 0 saturated carbocycles. The third-order valence-corrected chi connectivity index (χ3v) is 1.57. The first-order valence-corrected chi connectivity index (χ1v) is 3.65. The molecule has 1 heterocycles. The summed E-state index contributed by atoms with van der Waals surface area (Å²) in [7, 11) is 1.82. The highest BCUT2D eigenvalue weighted by atomic mass is 16.1. The van der Waals surface area contributed by atoms with Crippen LogP contribution in [0.2, 0.25) is 0 Å². The van der Waals surface area contributed by atoms with Crippen LogP contribution in [0.4, 0.5) is 5.69 Å². The van der Waals surface area contributed by atoms with Crippen molar-refractivity contribution in [3.8, 4) is 0 Å². The minimum Gasteiger partial charge on any atom is -0.365 e. The lowest BCUT2D eigenvalue weighted by molar-refractivity contribution is -0.116. The SMILES string of the molecule is CN(CC(=O)CN)c1cn[nH]c1. The largest absolute Gasteiger partial charge is 0.365 e. The van der Waals surface area contributed by atoms with E-state index in [0.29, 0.717) is 6.54 Å². The minimum atomic E-state index is 0.0127. The molecule has 0 fully saturated rings. The van der Waals surface area contributed by atoms with Crippen molar-refractivity contribution in [2.24, 2.45) is 5.73 Å². The van der Waals surface area contributed by atoms with E-state index < -0.39 is 0 Å². The lowest BCUT2D eigenvalue weighted by atomic mass is 10.3. The first kappa shape index (κ1) is 8.73. The van der Waals surface area contributed by atoms with E-state index in [2.05, 4.69) is 10.2 Å². The van der Waals surface area contributed by atoms with E-state index >= 15 is 0 Å². The number of nitrogens with zero attached hydrogens (tertiary/aromatic N) is 2. The number of nitrogens with two attached hydrogens (primary N) is 1. The first-order valence-electron chi connectivity index (χ1n) is 3.65. The second-order valence-corrected chi connectivity index (χ2v) is 2.56. The van der Waals surface area contributed by atoms with Crippen LogP contribution >= 0.6 is 0 Å². The van der Waals surface area contributed by atoms with Crippen LogP contribution in [0.25, 0.3) is 0 Å². The number of carbonyl (C=O) groups is 1. The van der Waals surface area contributed by atoms with E-state index in [1.165, 1.54) is 0 Å². The van der Waals surface area contributed by atoms with Crippen molar-refractivity contribution in [2.75, 3.05) is 25.0 Å². The molecule has 0 amide bonds. The molecule has 5 nitrogen and oxygen atoms in total. The number of Topliss-reactive ketones (excluding diaryl/α,β-unsaturated/α-hetero) is 1. The highest BCUT2D eigenvalue weighted by Crippen LogP contribution is 2.06. The van der Waals surface area contributed by atoms with Gasteiger partial charge in [-0.05, 0) is 0 Å². The molecule has 0 atom stereocenters. The van der Waals surface area contributed by atoms with Gasteiger partial charge in [0.05, 0.1) is 25.0 Å². The van der Waals surface area contributed by atoms with Gasteiger partial charge in [-0.1, -0.05) is 0 Å². The number of aromatic amines is 1. The number of hydrogen-bond donors (Lipinski definition) is 2. The molecule has 1 aromatic rings. The zero-order valence-corrected chi connectivity index (χ0v) is 6.95. The van der Waals surface area contributed by atoms with E-state index in [0.717, 1.165) is 5.69 Å². The lowest BCUT2D eigenvalue weighted by Gasteiger charge is -2.14. The minimum absolute atomic E-state index is 0.0127. The number of anilines is 1. The van der Waals surface area contributed by atoms with E-state index in [9.17, 15) is 4.79 Å². The van der Waals surface area contributed by atoms with Crippen LogP contribution < -0.4 is 10.6 Å². The molecule has 5 heteroatoms. The molecule has 3 N–H and O–H groups in total. The summed E-state index contributed by atoms with van der Waals surface area (Å²) in [5.74, 6) is 0.0127. The standard InChI is InChI=1S/C7H12N4O/c1-11(5-7(12)2-8)6-3-9-10-4-6/h3-4H,2,5,8H2,1H3,(H,9,10).